The van der Waals surface area contributed by atoms with E-state index in [2.05, 4.69) is 0 Å². The molecule has 80 valence electrons. The van der Waals surface area contributed by atoms with Crippen LogP contribution in [0.25, 0.3) is 6.08 Å². The number of methoxy groups -OCH3 is 2. The minimum atomic E-state index is -0.00222. The van der Waals surface area contributed by atoms with Crippen LogP contribution in [-0.2, 0) is 4.79 Å². The molecule has 4 nitrogen and oxygen atoms in total. The molecule has 0 radical (unpaired) electrons. The fraction of sp³-hybridized carbons (Fsp3) is 0.182. The van der Waals surface area contributed by atoms with Crippen LogP contribution in [0.15, 0.2) is 18.2 Å². The van der Waals surface area contributed by atoms with Crippen LogP contribution >= 0.6 is 0 Å². The lowest BCUT2D eigenvalue weighted by Crippen LogP contribution is -1.90. The summed E-state index contributed by atoms with van der Waals surface area (Å²) in [6.45, 7) is 0. The van der Waals surface area contributed by atoms with E-state index in [9.17, 15) is 9.90 Å². The number of carbonyl (C=O) groups excluding carboxylic acids is 1. The summed E-state index contributed by atoms with van der Waals surface area (Å²) in [6, 6.07) is 3.03. The highest BCUT2D eigenvalue weighted by Crippen LogP contribution is 2.34. The first-order valence-corrected chi connectivity index (χ1v) is 4.29. The molecule has 15 heavy (non-hydrogen) atoms. The molecule has 0 amide bonds. The number of benzene rings is 1. The summed E-state index contributed by atoms with van der Waals surface area (Å²) in [4.78, 5) is 10.2. The maximum absolute atomic E-state index is 10.2. The molecule has 0 atom stereocenters. The van der Waals surface area contributed by atoms with Crippen molar-refractivity contribution in [3.63, 3.8) is 0 Å². The number of aromatic hydroxyl groups is 1. The van der Waals surface area contributed by atoms with E-state index in [1.165, 1.54) is 26.4 Å². The molecule has 1 rings (SSSR count). The summed E-state index contributed by atoms with van der Waals surface area (Å²) >= 11 is 0. The van der Waals surface area contributed by atoms with E-state index >= 15 is 0 Å². The number of aldehydes is 1. The number of hydrogen-bond donors (Lipinski definition) is 1. The largest absolute Gasteiger partial charge is 0.504 e. The van der Waals surface area contributed by atoms with Crippen LogP contribution in [0.5, 0.6) is 17.2 Å². The monoisotopic (exact) mass is 208 g/mol. The Kier molecular flexibility index (Phi) is 3.74. The van der Waals surface area contributed by atoms with Gasteiger partial charge in [0, 0.05) is 11.6 Å². The number of carbonyl (C=O) groups is 1. The van der Waals surface area contributed by atoms with E-state index in [1.807, 2.05) is 0 Å². The molecule has 0 saturated heterocycles. The van der Waals surface area contributed by atoms with Gasteiger partial charge in [0.25, 0.3) is 0 Å². The fourth-order valence-electron chi connectivity index (χ4n) is 1.18. The zero-order chi connectivity index (χ0) is 11.3. The van der Waals surface area contributed by atoms with Crippen molar-refractivity contribution in [3.8, 4) is 17.2 Å². The number of phenols is 1. The zero-order valence-electron chi connectivity index (χ0n) is 8.56. The Morgan fingerprint density at radius 1 is 1.20 bits per heavy atom. The smallest absolute Gasteiger partial charge is 0.161 e. The van der Waals surface area contributed by atoms with Gasteiger partial charge in [0.2, 0.25) is 0 Å². The van der Waals surface area contributed by atoms with Crippen LogP contribution in [0.4, 0.5) is 0 Å². The van der Waals surface area contributed by atoms with Gasteiger partial charge in [-0.3, -0.25) is 4.79 Å². The second kappa shape index (κ2) is 5.05. The average molecular weight is 208 g/mol. The Morgan fingerprint density at radius 3 is 2.40 bits per heavy atom. The third kappa shape index (κ3) is 2.49. The first kappa shape index (κ1) is 11.1. The molecule has 0 heterocycles. The van der Waals surface area contributed by atoms with E-state index in [0.29, 0.717) is 23.3 Å². The fourth-order valence-corrected chi connectivity index (χ4v) is 1.18. The third-order valence-corrected chi connectivity index (χ3v) is 1.89. The lowest BCUT2D eigenvalue weighted by Gasteiger charge is -2.09. The van der Waals surface area contributed by atoms with Gasteiger partial charge >= 0.3 is 0 Å². The molecule has 0 aliphatic heterocycles. The second-order valence-corrected chi connectivity index (χ2v) is 2.76. The van der Waals surface area contributed by atoms with Crippen LogP contribution in [0, 0.1) is 0 Å². The summed E-state index contributed by atoms with van der Waals surface area (Å²) in [5.41, 5.74) is 0.666. The Bertz CT molecular complexity index is 382. The molecule has 0 unspecified atom stereocenters. The quantitative estimate of drug-likeness (QED) is 0.603. The molecule has 0 saturated carbocycles. The summed E-state index contributed by atoms with van der Waals surface area (Å²) in [6.07, 6.45) is 3.58. The Hall–Kier alpha value is -1.97. The maximum atomic E-state index is 10.2. The highest BCUT2D eigenvalue weighted by atomic mass is 16.5. The van der Waals surface area contributed by atoms with Gasteiger partial charge in [-0.25, -0.2) is 0 Å². The predicted octanol–water partition coefficient (Wildman–Crippen LogP) is 1.62. The van der Waals surface area contributed by atoms with Gasteiger partial charge in [0.1, 0.15) is 12.0 Å². The van der Waals surface area contributed by atoms with E-state index < -0.39 is 0 Å². The van der Waals surface area contributed by atoms with Crippen molar-refractivity contribution >= 4 is 12.4 Å². The summed E-state index contributed by atoms with van der Waals surface area (Å²) in [5, 5.41) is 9.47. The summed E-state index contributed by atoms with van der Waals surface area (Å²) in [5.74, 6) is 0.811. The first-order valence-electron chi connectivity index (χ1n) is 4.29. The molecule has 0 spiro atoms. The van der Waals surface area contributed by atoms with Crippen molar-refractivity contribution in [1.29, 1.82) is 0 Å². The van der Waals surface area contributed by atoms with Crippen LogP contribution in [0.1, 0.15) is 5.56 Å². The van der Waals surface area contributed by atoms with Gasteiger partial charge in [-0.05, 0) is 18.2 Å². The first-order chi connectivity index (χ1) is 7.22. The maximum Gasteiger partial charge on any atom is 0.161 e. The minimum absolute atomic E-state index is 0.00222. The molecule has 0 aliphatic rings. The SMILES string of the molecule is COc1cc(/C=C/C=O)c(OC)cc1O. The van der Waals surface area contributed by atoms with Crippen molar-refractivity contribution in [2.24, 2.45) is 0 Å². The number of ether oxygens (including phenoxy) is 2. The molecule has 0 fully saturated rings. The summed E-state index contributed by atoms with van der Waals surface area (Å²) < 4.78 is 9.98. The minimum Gasteiger partial charge on any atom is -0.504 e. The third-order valence-electron chi connectivity index (χ3n) is 1.89. The van der Waals surface area contributed by atoms with Crippen molar-refractivity contribution in [2.45, 2.75) is 0 Å². The molecule has 1 N–H and O–H groups in total. The van der Waals surface area contributed by atoms with Gasteiger partial charge in [0.15, 0.2) is 11.5 Å². The van der Waals surface area contributed by atoms with Gasteiger partial charge in [-0.15, -0.1) is 0 Å². The second-order valence-electron chi connectivity index (χ2n) is 2.76. The van der Waals surface area contributed by atoms with Crippen molar-refractivity contribution < 1.29 is 19.4 Å². The van der Waals surface area contributed by atoms with Crippen molar-refractivity contribution in [2.75, 3.05) is 14.2 Å². The highest BCUT2D eigenvalue weighted by Gasteiger charge is 2.07. The Morgan fingerprint density at radius 2 is 1.87 bits per heavy atom. The van der Waals surface area contributed by atoms with E-state index in [0.717, 1.165) is 0 Å². The lowest BCUT2D eigenvalue weighted by molar-refractivity contribution is -0.104. The van der Waals surface area contributed by atoms with Crippen LogP contribution in [-0.4, -0.2) is 25.6 Å². The van der Waals surface area contributed by atoms with Crippen LogP contribution in [0.3, 0.4) is 0 Å². The van der Waals surface area contributed by atoms with Crippen molar-refractivity contribution in [3.05, 3.63) is 23.8 Å². The number of hydrogen-bond acceptors (Lipinski definition) is 4. The molecular formula is C11H12O4. The van der Waals surface area contributed by atoms with Gasteiger partial charge in [0.05, 0.1) is 14.2 Å². The van der Waals surface area contributed by atoms with Gasteiger partial charge in [-0.2, -0.15) is 0 Å². The van der Waals surface area contributed by atoms with E-state index in [4.69, 9.17) is 9.47 Å². The molecule has 4 heteroatoms. The normalized spacial score (nSPS) is 10.3. The standard InChI is InChI=1S/C11H12O4/c1-14-10-7-9(13)11(15-2)6-8(10)4-3-5-12/h3-7,13H,1-2H3/b4-3+. The van der Waals surface area contributed by atoms with Crippen LogP contribution < -0.4 is 9.47 Å². The van der Waals surface area contributed by atoms with E-state index in [-0.39, 0.29) is 5.75 Å². The molecule has 1 aromatic carbocycles. The number of allylic oxidation sites excluding steroid dienone is 1. The van der Waals surface area contributed by atoms with Gasteiger partial charge < -0.3 is 14.6 Å². The van der Waals surface area contributed by atoms with Crippen molar-refractivity contribution in [1.82, 2.24) is 0 Å². The molecule has 0 bridgehead atoms. The van der Waals surface area contributed by atoms with Gasteiger partial charge in [-0.1, -0.05) is 0 Å². The average Bonchev–Trinajstić information content (AvgIpc) is 2.26. The Labute approximate surface area is 87.7 Å². The van der Waals surface area contributed by atoms with Crippen LogP contribution in [0.2, 0.25) is 0 Å². The number of phenolic OH excluding ortho intramolecular Hbond substituents is 1. The molecule has 0 aliphatic carbocycles. The number of rotatable bonds is 4. The zero-order valence-corrected chi connectivity index (χ0v) is 8.56. The molecule has 1 aromatic rings. The highest BCUT2D eigenvalue weighted by molar-refractivity contribution is 5.76. The van der Waals surface area contributed by atoms with E-state index in [1.54, 1.807) is 12.1 Å². The molecular weight excluding hydrogens is 196 g/mol. The molecule has 0 aromatic heterocycles. The summed E-state index contributed by atoms with van der Waals surface area (Å²) in [7, 11) is 2.94. The lowest BCUT2D eigenvalue weighted by atomic mass is 10.1. The predicted molar refractivity (Wildman–Crippen MR) is 56.3 cm³/mol. The Balaban J connectivity index is 3.21. The topological polar surface area (TPSA) is 55.8 Å².